The molecule has 0 aliphatic heterocycles. The Hall–Kier alpha value is -1.16. The van der Waals surface area contributed by atoms with Crippen LogP contribution in [-0.2, 0) is 0 Å². The third-order valence-electron chi connectivity index (χ3n) is 1.29. The molecule has 0 radical (unpaired) electrons. The zero-order valence-electron chi connectivity index (χ0n) is 6.39. The number of hydrogen-bond donors (Lipinski definition) is 1. The predicted octanol–water partition coefficient (Wildman–Crippen LogP) is 1.30. The van der Waals surface area contributed by atoms with Crippen LogP contribution in [0, 0.1) is 11.6 Å². The van der Waals surface area contributed by atoms with Crippen molar-refractivity contribution in [1.29, 1.82) is 0 Å². The minimum atomic E-state index is -0.967. The summed E-state index contributed by atoms with van der Waals surface area (Å²) in [6, 6.07) is 3.77. The van der Waals surface area contributed by atoms with Crippen LogP contribution >= 0.6 is 0 Å². The maximum Gasteiger partial charge on any atom is 0.200 e. The fourth-order valence-electron chi connectivity index (χ4n) is 0.764. The molecule has 0 heterocycles. The molecule has 0 saturated carbocycles. The van der Waals surface area contributed by atoms with Gasteiger partial charge in [-0.3, -0.25) is 0 Å². The van der Waals surface area contributed by atoms with Gasteiger partial charge < -0.3 is 10.5 Å². The van der Waals surface area contributed by atoms with Crippen molar-refractivity contribution in [2.45, 2.75) is 0 Å². The highest BCUT2D eigenvalue weighted by Crippen LogP contribution is 2.18. The number of rotatable bonds is 3. The van der Waals surface area contributed by atoms with Gasteiger partial charge in [-0.15, -0.1) is 0 Å². The monoisotopic (exact) mass is 173 g/mol. The molecular weight excluding hydrogens is 164 g/mol. The van der Waals surface area contributed by atoms with Gasteiger partial charge in [0.05, 0.1) is 0 Å². The van der Waals surface area contributed by atoms with E-state index in [9.17, 15) is 8.78 Å². The average molecular weight is 173 g/mol. The minimum absolute atomic E-state index is 0.0968. The summed E-state index contributed by atoms with van der Waals surface area (Å²) < 4.78 is 30.1. The molecule has 1 aromatic carbocycles. The first kappa shape index (κ1) is 8.93. The standard InChI is InChI=1S/C8H9F2NO/c9-6-2-1-3-7(8(6)10)12-5-4-11/h1-3H,4-5,11H2. The lowest BCUT2D eigenvalue weighted by Gasteiger charge is -2.04. The molecule has 0 bridgehead atoms. The fourth-order valence-corrected chi connectivity index (χ4v) is 0.764. The van der Waals surface area contributed by atoms with E-state index in [1.807, 2.05) is 0 Å². The molecule has 2 N–H and O–H groups in total. The molecule has 0 atom stereocenters. The Morgan fingerprint density at radius 3 is 2.75 bits per heavy atom. The van der Waals surface area contributed by atoms with Crippen LogP contribution in [0.4, 0.5) is 8.78 Å². The van der Waals surface area contributed by atoms with Crippen molar-refractivity contribution in [1.82, 2.24) is 0 Å². The first-order chi connectivity index (χ1) is 5.75. The van der Waals surface area contributed by atoms with Gasteiger partial charge in [0, 0.05) is 6.54 Å². The Kier molecular flexibility index (Phi) is 2.99. The molecule has 0 aliphatic carbocycles. The van der Waals surface area contributed by atoms with Gasteiger partial charge in [0.2, 0.25) is 5.82 Å². The van der Waals surface area contributed by atoms with E-state index >= 15 is 0 Å². The van der Waals surface area contributed by atoms with Gasteiger partial charge in [0.15, 0.2) is 11.6 Å². The Balaban J connectivity index is 2.78. The summed E-state index contributed by atoms with van der Waals surface area (Å²) in [5, 5.41) is 0. The van der Waals surface area contributed by atoms with Crippen LogP contribution in [-0.4, -0.2) is 13.2 Å². The van der Waals surface area contributed by atoms with E-state index in [2.05, 4.69) is 0 Å². The van der Waals surface area contributed by atoms with Crippen molar-refractivity contribution in [3.05, 3.63) is 29.8 Å². The summed E-state index contributed by atoms with van der Waals surface area (Å²) in [4.78, 5) is 0. The molecule has 0 unspecified atom stereocenters. The molecular formula is C8H9F2NO. The molecule has 0 fully saturated rings. The number of hydrogen-bond acceptors (Lipinski definition) is 2. The van der Waals surface area contributed by atoms with E-state index in [4.69, 9.17) is 10.5 Å². The largest absolute Gasteiger partial charge is 0.489 e. The van der Waals surface area contributed by atoms with Crippen LogP contribution < -0.4 is 10.5 Å². The molecule has 1 rings (SSSR count). The van der Waals surface area contributed by atoms with Gasteiger partial charge in [-0.2, -0.15) is 4.39 Å². The third-order valence-corrected chi connectivity index (χ3v) is 1.29. The Morgan fingerprint density at radius 1 is 1.33 bits per heavy atom. The van der Waals surface area contributed by atoms with Gasteiger partial charge in [0.1, 0.15) is 6.61 Å². The second-order valence-corrected chi connectivity index (χ2v) is 2.19. The van der Waals surface area contributed by atoms with Gasteiger partial charge in [-0.05, 0) is 12.1 Å². The molecule has 1 aromatic rings. The van der Waals surface area contributed by atoms with Crippen molar-refractivity contribution in [2.75, 3.05) is 13.2 Å². The van der Waals surface area contributed by atoms with E-state index in [1.54, 1.807) is 0 Å². The van der Waals surface area contributed by atoms with Crippen LogP contribution in [0.5, 0.6) is 5.75 Å². The van der Waals surface area contributed by atoms with Crippen molar-refractivity contribution in [2.24, 2.45) is 5.73 Å². The molecule has 2 nitrogen and oxygen atoms in total. The van der Waals surface area contributed by atoms with E-state index in [0.29, 0.717) is 0 Å². The van der Waals surface area contributed by atoms with Crippen LogP contribution in [0.15, 0.2) is 18.2 Å². The topological polar surface area (TPSA) is 35.2 Å². The number of benzene rings is 1. The molecule has 0 aromatic heterocycles. The van der Waals surface area contributed by atoms with Crippen LogP contribution in [0.2, 0.25) is 0 Å². The first-order valence-electron chi connectivity index (χ1n) is 3.52. The maximum atomic E-state index is 12.8. The van der Waals surface area contributed by atoms with E-state index in [-0.39, 0.29) is 18.9 Å². The molecule has 12 heavy (non-hydrogen) atoms. The van der Waals surface area contributed by atoms with Crippen LogP contribution in [0.1, 0.15) is 0 Å². The van der Waals surface area contributed by atoms with E-state index in [1.165, 1.54) is 12.1 Å². The van der Waals surface area contributed by atoms with Gasteiger partial charge >= 0.3 is 0 Å². The second-order valence-electron chi connectivity index (χ2n) is 2.19. The highest BCUT2D eigenvalue weighted by Gasteiger charge is 2.07. The summed E-state index contributed by atoms with van der Waals surface area (Å²) >= 11 is 0. The minimum Gasteiger partial charge on any atom is -0.489 e. The summed E-state index contributed by atoms with van der Waals surface area (Å²) in [7, 11) is 0. The number of halogens is 2. The predicted molar refractivity (Wildman–Crippen MR) is 40.9 cm³/mol. The highest BCUT2D eigenvalue weighted by molar-refractivity contribution is 5.24. The Bertz CT molecular complexity index is 265. The van der Waals surface area contributed by atoms with Gasteiger partial charge in [-0.25, -0.2) is 4.39 Å². The lowest BCUT2D eigenvalue weighted by atomic mass is 10.3. The smallest absolute Gasteiger partial charge is 0.200 e. The van der Waals surface area contributed by atoms with Gasteiger partial charge in [0.25, 0.3) is 0 Å². The molecule has 66 valence electrons. The van der Waals surface area contributed by atoms with E-state index in [0.717, 1.165) is 6.07 Å². The first-order valence-corrected chi connectivity index (χ1v) is 3.52. The summed E-state index contributed by atoms with van der Waals surface area (Å²) in [6.07, 6.45) is 0. The molecule has 4 heteroatoms. The lowest BCUT2D eigenvalue weighted by molar-refractivity contribution is 0.304. The summed E-state index contributed by atoms with van der Waals surface area (Å²) in [5.74, 6) is -1.98. The maximum absolute atomic E-state index is 12.8. The summed E-state index contributed by atoms with van der Waals surface area (Å²) in [6.45, 7) is 0.455. The second kappa shape index (κ2) is 4.01. The lowest BCUT2D eigenvalue weighted by Crippen LogP contribution is -2.11. The molecule has 0 spiro atoms. The van der Waals surface area contributed by atoms with Crippen LogP contribution in [0.25, 0.3) is 0 Å². The van der Waals surface area contributed by atoms with Gasteiger partial charge in [-0.1, -0.05) is 6.07 Å². The average Bonchev–Trinajstić information content (AvgIpc) is 2.08. The Labute approximate surface area is 68.9 Å². The zero-order chi connectivity index (χ0) is 8.97. The number of ether oxygens (including phenoxy) is 1. The normalized spacial score (nSPS) is 9.92. The molecule has 0 saturated heterocycles. The van der Waals surface area contributed by atoms with Crippen molar-refractivity contribution in [3.8, 4) is 5.75 Å². The fraction of sp³-hybridized carbons (Fsp3) is 0.250. The van der Waals surface area contributed by atoms with Crippen molar-refractivity contribution in [3.63, 3.8) is 0 Å². The SMILES string of the molecule is NCCOc1cccc(F)c1F. The summed E-state index contributed by atoms with van der Waals surface area (Å²) in [5.41, 5.74) is 5.12. The Morgan fingerprint density at radius 2 is 2.08 bits per heavy atom. The van der Waals surface area contributed by atoms with E-state index < -0.39 is 11.6 Å². The van der Waals surface area contributed by atoms with Crippen molar-refractivity contribution >= 4 is 0 Å². The quantitative estimate of drug-likeness (QED) is 0.747. The van der Waals surface area contributed by atoms with Crippen molar-refractivity contribution < 1.29 is 13.5 Å². The number of nitrogens with two attached hydrogens (primary N) is 1. The molecule has 0 aliphatic rings. The highest BCUT2D eigenvalue weighted by atomic mass is 19.2. The zero-order valence-corrected chi connectivity index (χ0v) is 6.39. The third kappa shape index (κ3) is 1.92. The molecule has 0 amide bonds. The van der Waals surface area contributed by atoms with Crippen LogP contribution in [0.3, 0.4) is 0 Å².